The van der Waals surface area contributed by atoms with E-state index < -0.39 is 0 Å². The molecule has 104 valence electrons. The zero-order chi connectivity index (χ0) is 13.1. The van der Waals surface area contributed by atoms with E-state index in [1.54, 1.807) is 0 Å². The van der Waals surface area contributed by atoms with E-state index in [1.807, 2.05) is 6.07 Å². The highest BCUT2D eigenvalue weighted by atomic mass is 16.5. The predicted molar refractivity (Wildman–Crippen MR) is 78.8 cm³/mol. The van der Waals surface area contributed by atoms with Gasteiger partial charge in [0.2, 0.25) is 0 Å². The Labute approximate surface area is 115 Å². The predicted octanol–water partition coefficient (Wildman–Crippen LogP) is 2.98. The lowest BCUT2D eigenvalue weighted by atomic mass is 9.94. The van der Waals surface area contributed by atoms with Crippen LogP contribution in [0.25, 0.3) is 0 Å². The summed E-state index contributed by atoms with van der Waals surface area (Å²) in [5, 5.41) is 3.72. The number of rotatable bonds is 5. The fourth-order valence-electron chi connectivity index (χ4n) is 3.25. The maximum atomic E-state index is 5.70. The van der Waals surface area contributed by atoms with Crippen molar-refractivity contribution < 1.29 is 4.74 Å². The summed E-state index contributed by atoms with van der Waals surface area (Å²) in [5.41, 5.74) is 1.21. The Balaban J connectivity index is 1.62. The van der Waals surface area contributed by atoms with Crippen LogP contribution in [0.1, 0.15) is 26.2 Å². The van der Waals surface area contributed by atoms with Gasteiger partial charge in [-0.3, -0.25) is 0 Å². The summed E-state index contributed by atoms with van der Waals surface area (Å²) < 4.78 is 5.70. The maximum Gasteiger partial charge on any atom is 0.121 e. The summed E-state index contributed by atoms with van der Waals surface area (Å²) in [6, 6.07) is 9.05. The topological polar surface area (TPSA) is 24.5 Å². The molecule has 1 aromatic carbocycles. The Morgan fingerprint density at radius 1 is 1.32 bits per heavy atom. The summed E-state index contributed by atoms with van der Waals surface area (Å²) in [4.78, 5) is 2.59. The number of piperidine rings is 1. The lowest BCUT2D eigenvalue weighted by Gasteiger charge is -2.31. The van der Waals surface area contributed by atoms with Gasteiger partial charge in [0.1, 0.15) is 5.75 Å². The van der Waals surface area contributed by atoms with Crippen molar-refractivity contribution in [2.75, 3.05) is 31.6 Å². The number of benzene rings is 1. The van der Waals surface area contributed by atoms with E-state index in [0.717, 1.165) is 24.7 Å². The average molecular weight is 260 g/mol. The van der Waals surface area contributed by atoms with Gasteiger partial charge in [-0.1, -0.05) is 13.0 Å². The minimum absolute atomic E-state index is 0.639. The van der Waals surface area contributed by atoms with Crippen molar-refractivity contribution in [1.29, 1.82) is 0 Å². The van der Waals surface area contributed by atoms with Gasteiger partial charge in [0.05, 0.1) is 6.61 Å². The molecule has 0 radical (unpaired) electrons. The number of hydrogen-bond donors (Lipinski definition) is 1. The average Bonchev–Trinajstić information content (AvgIpc) is 2.83. The maximum absolute atomic E-state index is 5.70. The first-order valence-electron chi connectivity index (χ1n) is 7.57. The van der Waals surface area contributed by atoms with Crippen LogP contribution in [-0.4, -0.2) is 37.2 Å². The number of hydrogen-bond acceptors (Lipinski definition) is 3. The molecule has 2 fully saturated rings. The van der Waals surface area contributed by atoms with E-state index in [1.165, 1.54) is 38.2 Å². The van der Waals surface area contributed by atoms with Crippen LogP contribution >= 0.6 is 0 Å². The number of anilines is 1. The van der Waals surface area contributed by atoms with Crippen molar-refractivity contribution >= 4 is 5.69 Å². The van der Waals surface area contributed by atoms with Gasteiger partial charge in [-0.15, -0.1) is 0 Å². The standard InChI is InChI=1S/C16H24N2O/c1-2-10-19-15-5-3-4-14(11-15)17-16-7-9-18-8-6-13(16)12-18/h3-5,11,13,16-17H,2,6-10,12H2,1H3. The van der Waals surface area contributed by atoms with E-state index in [9.17, 15) is 0 Å². The third-order valence-corrected chi connectivity index (χ3v) is 4.29. The Morgan fingerprint density at radius 2 is 2.21 bits per heavy atom. The number of fused-ring (bicyclic) bond motifs is 2. The van der Waals surface area contributed by atoms with Gasteiger partial charge in [0.25, 0.3) is 0 Å². The van der Waals surface area contributed by atoms with Crippen LogP contribution in [-0.2, 0) is 0 Å². The number of ether oxygens (including phenoxy) is 1. The van der Waals surface area contributed by atoms with Crippen LogP contribution in [0, 0.1) is 5.92 Å². The van der Waals surface area contributed by atoms with E-state index in [-0.39, 0.29) is 0 Å². The molecule has 3 unspecified atom stereocenters. The second-order valence-electron chi connectivity index (χ2n) is 5.77. The first-order valence-corrected chi connectivity index (χ1v) is 7.57. The van der Waals surface area contributed by atoms with Gasteiger partial charge >= 0.3 is 0 Å². The largest absolute Gasteiger partial charge is 0.494 e. The van der Waals surface area contributed by atoms with Crippen molar-refractivity contribution in [1.82, 2.24) is 4.90 Å². The molecule has 0 aliphatic carbocycles. The van der Waals surface area contributed by atoms with Crippen molar-refractivity contribution in [2.45, 2.75) is 32.2 Å². The second-order valence-corrected chi connectivity index (χ2v) is 5.77. The lowest BCUT2D eigenvalue weighted by Crippen LogP contribution is -2.39. The molecule has 3 heteroatoms. The molecule has 3 nitrogen and oxygen atoms in total. The molecule has 0 spiro atoms. The SMILES string of the molecule is CCCOc1cccc(NC2CCN3CCC2C3)c1. The molecule has 3 atom stereocenters. The van der Waals surface area contributed by atoms with Crippen LogP contribution in [0.15, 0.2) is 24.3 Å². The molecule has 2 saturated heterocycles. The molecule has 0 saturated carbocycles. The van der Waals surface area contributed by atoms with Gasteiger partial charge in [-0.05, 0) is 43.9 Å². The fraction of sp³-hybridized carbons (Fsp3) is 0.625. The first kappa shape index (κ1) is 12.8. The van der Waals surface area contributed by atoms with Crippen LogP contribution in [0.5, 0.6) is 5.75 Å². The molecule has 19 heavy (non-hydrogen) atoms. The van der Waals surface area contributed by atoms with Gasteiger partial charge in [-0.2, -0.15) is 0 Å². The summed E-state index contributed by atoms with van der Waals surface area (Å²) in [6.07, 6.45) is 3.67. The molecule has 2 heterocycles. The lowest BCUT2D eigenvalue weighted by molar-refractivity contribution is 0.255. The third kappa shape index (κ3) is 3.03. The molecule has 0 amide bonds. The summed E-state index contributed by atoms with van der Waals surface area (Å²) in [5.74, 6) is 1.81. The van der Waals surface area contributed by atoms with Gasteiger partial charge in [0, 0.05) is 30.9 Å². The number of nitrogens with one attached hydrogen (secondary N) is 1. The summed E-state index contributed by atoms with van der Waals surface area (Å²) >= 11 is 0. The molecule has 2 aliphatic rings. The molecule has 3 rings (SSSR count). The van der Waals surface area contributed by atoms with Crippen molar-refractivity contribution in [2.24, 2.45) is 5.92 Å². The molecule has 2 aliphatic heterocycles. The minimum Gasteiger partial charge on any atom is -0.494 e. The van der Waals surface area contributed by atoms with Crippen molar-refractivity contribution in [3.05, 3.63) is 24.3 Å². The quantitative estimate of drug-likeness (QED) is 0.881. The van der Waals surface area contributed by atoms with Gasteiger partial charge < -0.3 is 15.0 Å². The zero-order valence-electron chi connectivity index (χ0n) is 11.8. The summed E-state index contributed by atoms with van der Waals surface area (Å²) in [7, 11) is 0. The zero-order valence-corrected chi connectivity index (χ0v) is 11.8. The van der Waals surface area contributed by atoms with E-state index >= 15 is 0 Å². The highest BCUT2D eigenvalue weighted by Gasteiger charge is 2.33. The normalized spacial score (nSPS) is 29.2. The molecule has 1 N–H and O–H groups in total. The molecular formula is C16H24N2O. The van der Waals surface area contributed by atoms with Gasteiger partial charge in [0.15, 0.2) is 0 Å². The van der Waals surface area contributed by atoms with E-state index in [4.69, 9.17) is 4.74 Å². The van der Waals surface area contributed by atoms with Crippen LogP contribution in [0.3, 0.4) is 0 Å². The Kier molecular flexibility index (Phi) is 3.92. The molecular weight excluding hydrogens is 236 g/mol. The first-order chi connectivity index (χ1) is 9.35. The smallest absolute Gasteiger partial charge is 0.121 e. The number of nitrogens with zero attached hydrogens (tertiary/aromatic N) is 1. The van der Waals surface area contributed by atoms with Gasteiger partial charge in [-0.25, -0.2) is 0 Å². The summed E-state index contributed by atoms with van der Waals surface area (Å²) in [6.45, 7) is 6.76. The second kappa shape index (κ2) is 5.83. The van der Waals surface area contributed by atoms with Crippen molar-refractivity contribution in [3.63, 3.8) is 0 Å². The Morgan fingerprint density at radius 3 is 3.11 bits per heavy atom. The minimum atomic E-state index is 0.639. The molecule has 0 aromatic heterocycles. The molecule has 1 aromatic rings. The van der Waals surface area contributed by atoms with Crippen LogP contribution in [0.4, 0.5) is 5.69 Å². The van der Waals surface area contributed by atoms with Crippen LogP contribution in [0.2, 0.25) is 0 Å². The fourth-order valence-corrected chi connectivity index (χ4v) is 3.25. The Hall–Kier alpha value is -1.22. The Bertz CT molecular complexity index is 421. The van der Waals surface area contributed by atoms with Crippen LogP contribution < -0.4 is 10.1 Å². The highest BCUT2D eigenvalue weighted by molar-refractivity contribution is 5.49. The monoisotopic (exact) mass is 260 g/mol. The molecule has 2 bridgehead atoms. The van der Waals surface area contributed by atoms with E-state index in [2.05, 4.69) is 35.3 Å². The van der Waals surface area contributed by atoms with E-state index in [0.29, 0.717) is 6.04 Å². The highest BCUT2D eigenvalue weighted by Crippen LogP contribution is 2.30. The van der Waals surface area contributed by atoms with Crippen molar-refractivity contribution in [3.8, 4) is 5.75 Å². The third-order valence-electron chi connectivity index (χ3n) is 4.29.